The molecule has 1 atom stereocenters. The number of carbonyl (C=O) groups is 3. The van der Waals surface area contributed by atoms with Crippen LogP contribution < -0.4 is 16.4 Å². The molecule has 0 saturated carbocycles. The van der Waals surface area contributed by atoms with Crippen molar-refractivity contribution in [3.05, 3.63) is 0 Å². The fraction of sp³-hybridized carbons (Fsp3) is 0.727. The standard InChI is InChI=1S/C11H21N3O3S/c1-8(15)14-9(11(12)17)4-2-3-6-13-10(16)5-7-18/h9,18H,2-7H2,1H3,(H2,12,17)(H,13,16)(H,14,15)/t9-/m0/s1. The molecule has 0 aromatic heterocycles. The maximum Gasteiger partial charge on any atom is 0.239 e. The lowest BCUT2D eigenvalue weighted by Gasteiger charge is -2.13. The third-order valence-corrected chi connectivity index (χ3v) is 2.53. The number of thiol groups is 1. The van der Waals surface area contributed by atoms with Crippen molar-refractivity contribution in [2.45, 2.75) is 38.6 Å². The van der Waals surface area contributed by atoms with Crippen molar-refractivity contribution in [1.29, 1.82) is 0 Å². The number of unbranched alkanes of at least 4 members (excludes halogenated alkanes) is 1. The molecule has 0 saturated heterocycles. The molecule has 3 amide bonds. The molecule has 4 N–H and O–H groups in total. The summed E-state index contributed by atoms with van der Waals surface area (Å²) in [5.74, 6) is -0.318. The minimum absolute atomic E-state index is 0.0293. The van der Waals surface area contributed by atoms with Crippen LogP contribution in [-0.4, -0.2) is 36.1 Å². The molecule has 7 heteroatoms. The van der Waals surface area contributed by atoms with E-state index in [0.29, 0.717) is 31.6 Å². The Labute approximate surface area is 112 Å². The molecule has 0 aromatic carbocycles. The van der Waals surface area contributed by atoms with Crippen LogP contribution in [0.5, 0.6) is 0 Å². The van der Waals surface area contributed by atoms with Gasteiger partial charge in [-0.15, -0.1) is 0 Å². The average Bonchev–Trinajstić information content (AvgIpc) is 2.26. The number of hydrogen-bond acceptors (Lipinski definition) is 4. The molecule has 0 aliphatic carbocycles. The molecular weight excluding hydrogens is 254 g/mol. The highest BCUT2D eigenvalue weighted by Crippen LogP contribution is 2.00. The van der Waals surface area contributed by atoms with Crippen molar-refractivity contribution in [1.82, 2.24) is 10.6 Å². The van der Waals surface area contributed by atoms with Gasteiger partial charge in [0.1, 0.15) is 6.04 Å². The van der Waals surface area contributed by atoms with Gasteiger partial charge < -0.3 is 16.4 Å². The van der Waals surface area contributed by atoms with E-state index in [1.165, 1.54) is 6.92 Å². The molecule has 0 aliphatic rings. The zero-order chi connectivity index (χ0) is 14.0. The summed E-state index contributed by atoms with van der Waals surface area (Å²) in [6.07, 6.45) is 2.33. The summed E-state index contributed by atoms with van der Waals surface area (Å²) in [6.45, 7) is 1.89. The number of carbonyl (C=O) groups excluding carboxylic acids is 3. The molecule has 0 spiro atoms. The second-order valence-electron chi connectivity index (χ2n) is 3.97. The molecule has 0 bridgehead atoms. The van der Waals surface area contributed by atoms with Crippen LogP contribution in [-0.2, 0) is 14.4 Å². The average molecular weight is 275 g/mol. The Morgan fingerprint density at radius 3 is 2.44 bits per heavy atom. The van der Waals surface area contributed by atoms with Crippen LogP contribution in [0, 0.1) is 0 Å². The van der Waals surface area contributed by atoms with Gasteiger partial charge in [-0.2, -0.15) is 12.6 Å². The van der Waals surface area contributed by atoms with Crippen LogP contribution in [0.2, 0.25) is 0 Å². The third kappa shape index (κ3) is 8.86. The first-order valence-corrected chi connectivity index (χ1v) is 6.54. The van der Waals surface area contributed by atoms with Gasteiger partial charge in [0.05, 0.1) is 0 Å². The highest BCUT2D eigenvalue weighted by molar-refractivity contribution is 7.80. The van der Waals surface area contributed by atoms with Crippen molar-refractivity contribution >= 4 is 30.4 Å². The number of rotatable bonds is 9. The van der Waals surface area contributed by atoms with Crippen molar-refractivity contribution in [2.24, 2.45) is 5.73 Å². The molecule has 0 aliphatic heterocycles. The monoisotopic (exact) mass is 275 g/mol. The highest BCUT2D eigenvalue weighted by atomic mass is 32.1. The first-order valence-electron chi connectivity index (χ1n) is 5.91. The molecule has 6 nitrogen and oxygen atoms in total. The minimum atomic E-state index is -0.629. The van der Waals surface area contributed by atoms with Crippen molar-refractivity contribution in [3.8, 4) is 0 Å². The predicted molar refractivity (Wildman–Crippen MR) is 72.1 cm³/mol. The summed E-state index contributed by atoms with van der Waals surface area (Å²) >= 11 is 3.95. The SMILES string of the molecule is CC(=O)N[C@@H](CCCCNC(=O)CCS)C(N)=O. The van der Waals surface area contributed by atoms with Crippen LogP contribution in [0.1, 0.15) is 32.6 Å². The number of amides is 3. The lowest BCUT2D eigenvalue weighted by Crippen LogP contribution is -2.43. The Morgan fingerprint density at radius 2 is 1.94 bits per heavy atom. The summed E-state index contributed by atoms with van der Waals surface area (Å²) in [4.78, 5) is 32.9. The molecule has 0 heterocycles. The second kappa shape index (κ2) is 9.76. The molecule has 0 rings (SSSR count). The lowest BCUT2D eigenvalue weighted by atomic mass is 10.1. The zero-order valence-corrected chi connectivity index (χ0v) is 11.5. The lowest BCUT2D eigenvalue weighted by molar-refractivity contribution is -0.126. The summed E-state index contributed by atoms with van der Waals surface area (Å²) in [5, 5.41) is 5.22. The van der Waals surface area contributed by atoms with E-state index < -0.39 is 11.9 Å². The molecule has 104 valence electrons. The van der Waals surface area contributed by atoms with Crippen LogP contribution >= 0.6 is 12.6 Å². The Morgan fingerprint density at radius 1 is 1.28 bits per heavy atom. The van der Waals surface area contributed by atoms with Gasteiger partial charge in [-0.3, -0.25) is 14.4 Å². The maximum absolute atomic E-state index is 11.1. The van der Waals surface area contributed by atoms with Crippen molar-refractivity contribution in [3.63, 3.8) is 0 Å². The van der Waals surface area contributed by atoms with Gasteiger partial charge in [0, 0.05) is 19.9 Å². The summed E-state index contributed by atoms with van der Waals surface area (Å²) in [6, 6.07) is -0.629. The number of nitrogens with one attached hydrogen (secondary N) is 2. The van der Waals surface area contributed by atoms with Gasteiger partial charge in [0.15, 0.2) is 0 Å². The summed E-state index contributed by atoms with van der Waals surface area (Å²) in [5.41, 5.74) is 5.16. The maximum atomic E-state index is 11.1. The van der Waals surface area contributed by atoms with Crippen LogP contribution in [0.15, 0.2) is 0 Å². The molecule has 0 fully saturated rings. The topological polar surface area (TPSA) is 101 Å². The van der Waals surface area contributed by atoms with Gasteiger partial charge in [-0.05, 0) is 25.0 Å². The molecule has 18 heavy (non-hydrogen) atoms. The Hall–Kier alpha value is -1.24. The van der Waals surface area contributed by atoms with Gasteiger partial charge in [-0.1, -0.05) is 0 Å². The quantitative estimate of drug-likeness (QED) is 0.339. The smallest absolute Gasteiger partial charge is 0.239 e. The van der Waals surface area contributed by atoms with E-state index in [2.05, 4.69) is 23.3 Å². The fourth-order valence-corrected chi connectivity index (χ4v) is 1.63. The largest absolute Gasteiger partial charge is 0.368 e. The van der Waals surface area contributed by atoms with Gasteiger partial charge in [0.2, 0.25) is 17.7 Å². The molecule has 0 unspecified atom stereocenters. The van der Waals surface area contributed by atoms with Crippen LogP contribution in [0.25, 0.3) is 0 Å². The van der Waals surface area contributed by atoms with E-state index in [1.807, 2.05) is 0 Å². The van der Waals surface area contributed by atoms with Crippen LogP contribution in [0.4, 0.5) is 0 Å². The van der Waals surface area contributed by atoms with Crippen LogP contribution in [0.3, 0.4) is 0 Å². The van der Waals surface area contributed by atoms with E-state index >= 15 is 0 Å². The molecular formula is C11H21N3O3S. The summed E-state index contributed by atoms with van der Waals surface area (Å²) < 4.78 is 0. The van der Waals surface area contributed by atoms with Crippen molar-refractivity contribution in [2.75, 3.05) is 12.3 Å². The number of nitrogens with two attached hydrogens (primary N) is 1. The Kier molecular flexibility index (Phi) is 9.08. The van der Waals surface area contributed by atoms with Gasteiger partial charge in [-0.25, -0.2) is 0 Å². The molecule has 0 aromatic rings. The first kappa shape index (κ1) is 16.8. The number of hydrogen-bond donors (Lipinski definition) is 4. The van der Waals surface area contributed by atoms with E-state index in [1.54, 1.807) is 0 Å². The van der Waals surface area contributed by atoms with E-state index in [0.717, 1.165) is 6.42 Å². The van der Waals surface area contributed by atoms with Crippen molar-refractivity contribution < 1.29 is 14.4 Å². The predicted octanol–water partition coefficient (Wildman–Crippen LogP) is -0.417. The minimum Gasteiger partial charge on any atom is -0.368 e. The second-order valence-corrected chi connectivity index (χ2v) is 4.42. The Bertz CT molecular complexity index is 297. The van der Waals surface area contributed by atoms with Gasteiger partial charge in [0.25, 0.3) is 0 Å². The first-order chi connectivity index (χ1) is 8.47. The number of primary amides is 1. The zero-order valence-electron chi connectivity index (χ0n) is 10.6. The van der Waals surface area contributed by atoms with E-state index in [9.17, 15) is 14.4 Å². The Balaban J connectivity index is 3.70. The van der Waals surface area contributed by atoms with Gasteiger partial charge >= 0.3 is 0 Å². The van der Waals surface area contributed by atoms with E-state index in [4.69, 9.17) is 5.73 Å². The van der Waals surface area contributed by atoms with E-state index in [-0.39, 0.29) is 11.8 Å². The third-order valence-electron chi connectivity index (χ3n) is 2.30. The summed E-state index contributed by atoms with van der Waals surface area (Å²) in [7, 11) is 0. The normalized spacial score (nSPS) is 11.7. The molecule has 0 radical (unpaired) electrons. The fourth-order valence-electron chi connectivity index (χ4n) is 1.42. The highest BCUT2D eigenvalue weighted by Gasteiger charge is 2.15.